The molecule has 14 nitrogen and oxygen atoms in total. The van der Waals surface area contributed by atoms with Gasteiger partial charge in [0, 0.05) is 7.05 Å². The number of carbonyl (C=O) groups excluding carboxylic acids is 1. The number of aliphatic hydroxyl groups is 1. The SMILES string of the molecule is CCOC(=O)C(C)N[P@](=O)(OC[C@H]1O[C@@H](n2cnc3c(NC)nc(N)nc32)[C@@H](C(F)(F)F)[C@@H]1O)Oc1ccccc1. The number of carbonyl (C=O) groups is 1. The molecule has 0 bridgehead atoms. The average Bonchev–Trinajstić information content (AvgIpc) is 3.48. The van der Waals surface area contributed by atoms with Crippen LogP contribution in [0.3, 0.4) is 0 Å². The molecule has 4 rings (SSSR count). The minimum Gasteiger partial charge on any atom is -0.465 e. The monoisotopic (exact) mass is 603 g/mol. The van der Waals surface area contributed by atoms with Crippen molar-refractivity contribution in [3.8, 4) is 5.75 Å². The van der Waals surface area contributed by atoms with Crippen molar-refractivity contribution in [1.82, 2.24) is 24.6 Å². The van der Waals surface area contributed by atoms with Crippen molar-refractivity contribution in [3.63, 3.8) is 0 Å². The summed E-state index contributed by atoms with van der Waals surface area (Å²) in [4.78, 5) is 24.2. The van der Waals surface area contributed by atoms with Crippen molar-refractivity contribution in [2.45, 2.75) is 44.5 Å². The van der Waals surface area contributed by atoms with E-state index >= 15 is 0 Å². The summed E-state index contributed by atoms with van der Waals surface area (Å²) < 4.78 is 78.8. The Balaban J connectivity index is 1.61. The standard InChI is InChI=1S/C23H29F3N7O7P/c1-4-37-21(35)12(2)32-41(36,40-13-8-6-5-7-9-13)38-10-14-17(34)15(23(24,25)26)20(39-14)33-11-29-16-18(28-3)30-22(27)31-19(16)33/h5-9,11-12,14-15,17,20,34H,4,10H2,1-3H3,(H,32,36)(H3,27,28,30,31)/t12?,14-,15+,17-,20-,41+/m1/s1. The number of rotatable bonds is 11. The summed E-state index contributed by atoms with van der Waals surface area (Å²) in [6.07, 6.45) is -9.53. The van der Waals surface area contributed by atoms with Gasteiger partial charge in [0.15, 0.2) is 23.2 Å². The number of fused-ring (bicyclic) bond motifs is 1. The lowest BCUT2D eigenvalue weighted by Gasteiger charge is -2.25. The third-order valence-electron chi connectivity index (χ3n) is 6.07. The number of hydrogen-bond acceptors (Lipinski definition) is 12. The van der Waals surface area contributed by atoms with Crippen LogP contribution in [0.5, 0.6) is 5.75 Å². The number of nitrogen functional groups attached to an aromatic ring is 1. The number of aliphatic hydroxyl groups excluding tert-OH is 1. The number of nitrogens with two attached hydrogens (primary N) is 1. The van der Waals surface area contributed by atoms with Gasteiger partial charge in [-0.3, -0.25) is 13.9 Å². The fourth-order valence-electron chi connectivity index (χ4n) is 4.21. The summed E-state index contributed by atoms with van der Waals surface area (Å²) in [7, 11) is -2.92. The fourth-order valence-corrected chi connectivity index (χ4v) is 5.71. The molecule has 224 valence electrons. The lowest BCUT2D eigenvalue weighted by atomic mass is 9.99. The predicted octanol–water partition coefficient (Wildman–Crippen LogP) is 2.63. The number of anilines is 2. The first-order chi connectivity index (χ1) is 19.4. The number of para-hydroxylation sites is 1. The van der Waals surface area contributed by atoms with Gasteiger partial charge >= 0.3 is 19.9 Å². The van der Waals surface area contributed by atoms with Gasteiger partial charge in [-0.15, -0.1) is 0 Å². The lowest BCUT2D eigenvalue weighted by molar-refractivity contribution is -0.210. The second-order valence-corrected chi connectivity index (χ2v) is 10.6. The van der Waals surface area contributed by atoms with Crippen LogP contribution < -0.4 is 20.7 Å². The Morgan fingerprint density at radius 3 is 2.63 bits per heavy atom. The first-order valence-corrected chi connectivity index (χ1v) is 13.9. The van der Waals surface area contributed by atoms with Crippen molar-refractivity contribution in [3.05, 3.63) is 36.7 Å². The Morgan fingerprint density at radius 2 is 2.00 bits per heavy atom. The molecule has 1 saturated heterocycles. The van der Waals surface area contributed by atoms with Gasteiger partial charge in [0.05, 0.1) is 25.6 Å². The molecule has 1 aliphatic heterocycles. The smallest absolute Gasteiger partial charge is 0.459 e. The Labute approximate surface area is 231 Å². The second-order valence-electron chi connectivity index (χ2n) is 8.93. The molecule has 3 heterocycles. The Bertz CT molecular complexity index is 1410. The largest absolute Gasteiger partial charge is 0.465 e. The van der Waals surface area contributed by atoms with Crippen molar-refractivity contribution < 1.29 is 46.2 Å². The molecule has 1 aromatic carbocycles. The number of halogens is 3. The van der Waals surface area contributed by atoms with E-state index in [2.05, 4.69) is 25.4 Å². The molecule has 6 atom stereocenters. The number of ether oxygens (including phenoxy) is 2. The first kappa shape index (κ1) is 30.5. The summed E-state index contributed by atoms with van der Waals surface area (Å²) in [5.41, 5.74) is 5.77. The zero-order chi connectivity index (χ0) is 29.9. The quantitative estimate of drug-likeness (QED) is 0.185. The maximum atomic E-state index is 14.2. The highest BCUT2D eigenvalue weighted by Gasteiger charge is 2.58. The summed E-state index contributed by atoms with van der Waals surface area (Å²) >= 11 is 0. The molecule has 0 radical (unpaired) electrons. The van der Waals surface area contributed by atoms with Gasteiger partial charge in [-0.25, -0.2) is 9.55 Å². The number of imidazole rings is 1. The Kier molecular flexibility index (Phi) is 9.03. The van der Waals surface area contributed by atoms with E-state index in [-0.39, 0.29) is 35.3 Å². The third-order valence-corrected chi connectivity index (χ3v) is 7.71. The molecule has 1 aliphatic rings. The maximum absolute atomic E-state index is 14.2. The van der Waals surface area contributed by atoms with E-state index in [0.29, 0.717) is 0 Å². The molecule has 18 heteroatoms. The topological polar surface area (TPSA) is 185 Å². The predicted molar refractivity (Wildman–Crippen MR) is 139 cm³/mol. The molecule has 41 heavy (non-hydrogen) atoms. The highest BCUT2D eigenvalue weighted by molar-refractivity contribution is 7.52. The lowest BCUT2D eigenvalue weighted by Crippen LogP contribution is -2.39. The molecule has 5 N–H and O–H groups in total. The highest BCUT2D eigenvalue weighted by Crippen LogP contribution is 2.49. The molecule has 2 aromatic heterocycles. The summed E-state index contributed by atoms with van der Waals surface area (Å²) in [6, 6.07) is 6.58. The van der Waals surface area contributed by atoms with Crippen molar-refractivity contribution >= 4 is 36.6 Å². The summed E-state index contributed by atoms with van der Waals surface area (Å²) in [5.74, 6) is -3.19. The number of nitrogens with one attached hydrogen (secondary N) is 2. The molecule has 0 amide bonds. The zero-order valence-electron chi connectivity index (χ0n) is 22.1. The molecule has 0 aliphatic carbocycles. The molecule has 1 fully saturated rings. The van der Waals surface area contributed by atoms with Crippen molar-refractivity contribution in [2.24, 2.45) is 5.92 Å². The van der Waals surface area contributed by atoms with E-state index in [1.807, 2.05) is 0 Å². The van der Waals surface area contributed by atoms with Gasteiger partial charge in [0.1, 0.15) is 23.8 Å². The van der Waals surface area contributed by atoms with Gasteiger partial charge in [-0.2, -0.15) is 28.2 Å². The van der Waals surface area contributed by atoms with Crippen LogP contribution >= 0.6 is 7.75 Å². The number of aromatic nitrogens is 4. The van der Waals surface area contributed by atoms with Crippen LogP contribution in [0.4, 0.5) is 24.9 Å². The van der Waals surface area contributed by atoms with Gasteiger partial charge in [0.2, 0.25) is 5.95 Å². The number of alkyl halides is 3. The molecule has 3 aromatic rings. The van der Waals surface area contributed by atoms with E-state index in [4.69, 9.17) is 24.3 Å². The van der Waals surface area contributed by atoms with Gasteiger partial charge in [-0.05, 0) is 26.0 Å². The van der Waals surface area contributed by atoms with Crippen molar-refractivity contribution in [1.29, 1.82) is 0 Å². The fraction of sp³-hybridized carbons (Fsp3) is 0.478. The van der Waals surface area contributed by atoms with Crippen LogP contribution in [0.2, 0.25) is 0 Å². The van der Waals surface area contributed by atoms with E-state index in [1.54, 1.807) is 25.1 Å². The number of benzene rings is 1. The average molecular weight is 603 g/mol. The number of esters is 1. The minimum atomic E-state index is -4.94. The van der Waals surface area contributed by atoms with E-state index in [9.17, 15) is 27.6 Å². The molecule has 0 saturated carbocycles. The van der Waals surface area contributed by atoms with E-state index < -0.39 is 56.9 Å². The second kappa shape index (κ2) is 12.2. The Morgan fingerprint density at radius 1 is 1.29 bits per heavy atom. The van der Waals surface area contributed by atoms with Crippen LogP contribution in [0.1, 0.15) is 20.1 Å². The van der Waals surface area contributed by atoms with Crippen LogP contribution in [0.15, 0.2) is 36.7 Å². The van der Waals surface area contributed by atoms with E-state index in [1.165, 1.54) is 26.1 Å². The maximum Gasteiger partial charge on any atom is 0.459 e. The van der Waals surface area contributed by atoms with Gasteiger partial charge < -0.3 is 30.2 Å². The highest BCUT2D eigenvalue weighted by atomic mass is 31.2. The van der Waals surface area contributed by atoms with Crippen LogP contribution in [-0.2, 0) is 23.4 Å². The van der Waals surface area contributed by atoms with Gasteiger partial charge in [-0.1, -0.05) is 18.2 Å². The molecular weight excluding hydrogens is 574 g/mol. The first-order valence-electron chi connectivity index (χ1n) is 12.4. The molecule has 0 spiro atoms. The molecular formula is C23H29F3N7O7P. The van der Waals surface area contributed by atoms with Gasteiger partial charge in [0.25, 0.3) is 0 Å². The van der Waals surface area contributed by atoms with Crippen molar-refractivity contribution in [2.75, 3.05) is 31.3 Å². The van der Waals surface area contributed by atoms with Crippen LogP contribution in [0, 0.1) is 5.92 Å². The summed E-state index contributed by atoms with van der Waals surface area (Å²) in [5, 5.41) is 15.9. The minimum absolute atomic E-state index is 0.0488. The third kappa shape index (κ3) is 6.70. The van der Waals surface area contributed by atoms with Crippen LogP contribution in [-0.4, -0.2) is 75.3 Å². The number of nitrogens with zero attached hydrogens (tertiary/aromatic N) is 4. The van der Waals surface area contributed by atoms with Crippen LogP contribution in [0.25, 0.3) is 11.2 Å². The Hall–Kier alpha value is -3.50. The van der Waals surface area contributed by atoms with E-state index in [0.717, 1.165) is 10.9 Å². The number of hydrogen-bond donors (Lipinski definition) is 4. The normalized spacial score (nSPS) is 23.2. The molecule has 1 unspecified atom stereocenters. The summed E-state index contributed by atoms with van der Waals surface area (Å²) in [6.45, 7) is 2.16. The zero-order valence-corrected chi connectivity index (χ0v) is 23.0.